The summed E-state index contributed by atoms with van der Waals surface area (Å²) in [4.78, 5) is 4.39. The van der Waals surface area contributed by atoms with Gasteiger partial charge in [0.15, 0.2) is 6.40 Å². The minimum atomic E-state index is 0.143. The highest BCUT2D eigenvalue weighted by Crippen LogP contribution is 2.32. The minimum absolute atomic E-state index is 0.143. The zero-order valence-corrected chi connectivity index (χ0v) is 9.90. The van der Waals surface area contributed by atoms with Crippen molar-refractivity contribution in [3.63, 3.8) is 0 Å². The first-order chi connectivity index (χ1) is 7.09. The summed E-state index contributed by atoms with van der Waals surface area (Å²) in [5.74, 6) is 1.10. The van der Waals surface area contributed by atoms with Crippen LogP contribution in [-0.4, -0.2) is 18.5 Å². The minimum Gasteiger partial charge on any atom is -0.474 e. The van der Waals surface area contributed by atoms with E-state index in [0.29, 0.717) is 11.8 Å². The monoisotopic (exact) mass is 205 g/mol. The first-order valence-corrected chi connectivity index (χ1v) is 5.70. The van der Waals surface area contributed by atoms with Gasteiger partial charge in [-0.15, -0.1) is 0 Å². The Hall–Kier alpha value is -1.05. The number of nitrogens with zero attached hydrogens (tertiary/aromatic N) is 1. The maximum atomic E-state index is 5.51. The normalized spacial score (nSPS) is 28.9. The second-order valence-electron chi connectivity index (χ2n) is 4.92. The Kier molecular flexibility index (Phi) is 2.68. The fraction of sp³-hybridized carbons (Fsp3) is 0.615. The van der Waals surface area contributed by atoms with Crippen molar-refractivity contribution in [2.24, 2.45) is 16.8 Å². The van der Waals surface area contributed by atoms with Gasteiger partial charge in [-0.1, -0.05) is 33.8 Å². The molecule has 0 amide bonds. The van der Waals surface area contributed by atoms with Crippen LogP contribution in [0.2, 0.25) is 0 Å². The summed E-state index contributed by atoms with van der Waals surface area (Å²) >= 11 is 0. The molecule has 0 aromatic heterocycles. The van der Waals surface area contributed by atoms with Gasteiger partial charge in [-0.25, -0.2) is 4.99 Å². The molecule has 0 fully saturated rings. The molecule has 1 heterocycles. The topological polar surface area (TPSA) is 21.6 Å². The van der Waals surface area contributed by atoms with Crippen LogP contribution in [0.15, 0.2) is 28.3 Å². The van der Waals surface area contributed by atoms with E-state index >= 15 is 0 Å². The molecule has 2 aliphatic rings. The summed E-state index contributed by atoms with van der Waals surface area (Å²) in [6, 6.07) is 0.229. The van der Waals surface area contributed by atoms with Gasteiger partial charge in [0, 0.05) is 0 Å². The molecule has 2 heteroatoms. The summed E-state index contributed by atoms with van der Waals surface area (Å²) in [6.45, 7) is 8.88. The number of aliphatic imine (C=N–C) groups is 1. The van der Waals surface area contributed by atoms with Crippen LogP contribution >= 0.6 is 0 Å². The molecule has 2 nitrogen and oxygen atoms in total. The van der Waals surface area contributed by atoms with Crippen LogP contribution in [0.25, 0.3) is 0 Å². The molecule has 0 spiro atoms. The van der Waals surface area contributed by atoms with Crippen LogP contribution in [0.1, 0.15) is 27.7 Å². The van der Waals surface area contributed by atoms with Crippen LogP contribution in [-0.2, 0) is 4.74 Å². The third kappa shape index (κ3) is 1.85. The molecule has 82 valence electrons. The fourth-order valence-electron chi connectivity index (χ4n) is 2.12. The molecule has 1 aliphatic carbocycles. The molecular weight excluding hydrogens is 186 g/mol. The summed E-state index contributed by atoms with van der Waals surface area (Å²) in [5.41, 5.74) is 2.78. The smallest absolute Gasteiger partial charge is 0.171 e. The highest BCUT2D eigenvalue weighted by atomic mass is 16.5. The van der Waals surface area contributed by atoms with Crippen molar-refractivity contribution in [3.05, 3.63) is 23.3 Å². The lowest BCUT2D eigenvalue weighted by molar-refractivity contribution is 0.253. The standard InChI is InChI=1S/C13H19NO/c1-8(2)10-5-11(9(3)4)13-12(6-10)15-7-14-13/h5-9,12-13H,1-4H3. The molecule has 0 radical (unpaired) electrons. The average molecular weight is 205 g/mol. The Bertz CT molecular complexity index is 336. The van der Waals surface area contributed by atoms with E-state index in [0.717, 1.165) is 0 Å². The maximum absolute atomic E-state index is 5.51. The predicted molar refractivity (Wildman–Crippen MR) is 63.0 cm³/mol. The highest BCUT2D eigenvalue weighted by molar-refractivity contribution is 5.55. The lowest BCUT2D eigenvalue weighted by atomic mass is 9.83. The number of hydrogen-bond donors (Lipinski definition) is 0. The first kappa shape index (κ1) is 10.5. The van der Waals surface area contributed by atoms with E-state index in [9.17, 15) is 0 Å². The Morgan fingerprint density at radius 1 is 1.20 bits per heavy atom. The quantitative estimate of drug-likeness (QED) is 0.679. The average Bonchev–Trinajstić information content (AvgIpc) is 2.62. The van der Waals surface area contributed by atoms with Crippen LogP contribution < -0.4 is 0 Å². The van der Waals surface area contributed by atoms with E-state index in [-0.39, 0.29) is 12.1 Å². The number of rotatable bonds is 2. The van der Waals surface area contributed by atoms with Gasteiger partial charge >= 0.3 is 0 Å². The molecule has 15 heavy (non-hydrogen) atoms. The molecule has 1 aliphatic heterocycles. The van der Waals surface area contributed by atoms with Crippen molar-refractivity contribution in [1.82, 2.24) is 0 Å². The lowest BCUT2D eigenvalue weighted by Gasteiger charge is -2.26. The zero-order chi connectivity index (χ0) is 11.0. The van der Waals surface area contributed by atoms with Gasteiger partial charge in [-0.2, -0.15) is 0 Å². The summed E-state index contributed by atoms with van der Waals surface area (Å²) < 4.78 is 5.51. The molecule has 2 unspecified atom stereocenters. The van der Waals surface area contributed by atoms with Gasteiger partial charge < -0.3 is 4.74 Å². The summed E-state index contributed by atoms with van der Waals surface area (Å²) in [5, 5.41) is 0. The van der Waals surface area contributed by atoms with Crippen LogP contribution in [0, 0.1) is 11.8 Å². The molecule has 0 aromatic carbocycles. The van der Waals surface area contributed by atoms with E-state index in [1.54, 1.807) is 6.40 Å². The van der Waals surface area contributed by atoms with Gasteiger partial charge in [0.25, 0.3) is 0 Å². The second-order valence-corrected chi connectivity index (χ2v) is 4.92. The number of hydrogen-bond acceptors (Lipinski definition) is 2. The number of allylic oxidation sites excluding steroid dienone is 2. The van der Waals surface area contributed by atoms with E-state index in [2.05, 4.69) is 44.8 Å². The molecule has 0 saturated carbocycles. The summed E-state index contributed by atoms with van der Waals surface area (Å²) in [7, 11) is 0. The van der Waals surface area contributed by atoms with Gasteiger partial charge in [0.05, 0.1) is 0 Å². The van der Waals surface area contributed by atoms with E-state index in [1.165, 1.54) is 11.1 Å². The first-order valence-electron chi connectivity index (χ1n) is 5.70. The number of fused-ring (bicyclic) bond motifs is 1. The van der Waals surface area contributed by atoms with E-state index in [4.69, 9.17) is 4.74 Å². The van der Waals surface area contributed by atoms with Gasteiger partial charge in [0.1, 0.15) is 12.1 Å². The summed E-state index contributed by atoms with van der Waals surface area (Å²) in [6.07, 6.45) is 6.27. The Morgan fingerprint density at radius 2 is 1.93 bits per heavy atom. The van der Waals surface area contributed by atoms with Gasteiger partial charge in [0.2, 0.25) is 0 Å². The third-order valence-electron chi connectivity index (χ3n) is 3.12. The zero-order valence-electron chi connectivity index (χ0n) is 9.90. The third-order valence-corrected chi connectivity index (χ3v) is 3.12. The second kappa shape index (κ2) is 3.84. The van der Waals surface area contributed by atoms with Gasteiger partial charge in [-0.3, -0.25) is 0 Å². The molecule has 2 rings (SSSR count). The van der Waals surface area contributed by atoms with Gasteiger partial charge in [-0.05, 0) is 29.1 Å². The van der Waals surface area contributed by atoms with E-state index in [1.807, 2.05) is 0 Å². The Balaban J connectivity index is 2.33. The van der Waals surface area contributed by atoms with E-state index < -0.39 is 0 Å². The molecule has 0 aromatic rings. The van der Waals surface area contributed by atoms with Crippen molar-refractivity contribution >= 4 is 6.40 Å². The SMILES string of the molecule is CC(C)C1=CC2OC=NC2C(C(C)C)=C1. The maximum Gasteiger partial charge on any atom is 0.171 e. The van der Waals surface area contributed by atoms with Crippen LogP contribution in [0.5, 0.6) is 0 Å². The van der Waals surface area contributed by atoms with Crippen LogP contribution in [0.3, 0.4) is 0 Å². The predicted octanol–water partition coefficient (Wildman–Crippen LogP) is 2.96. The largest absolute Gasteiger partial charge is 0.474 e. The van der Waals surface area contributed by atoms with Crippen molar-refractivity contribution < 1.29 is 4.74 Å². The fourth-order valence-corrected chi connectivity index (χ4v) is 2.12. The Labute approximate surface area is 91.7 Å². The molecule has 0 N–H and O–H groups in total. The van der Waals surface area contributed by atoms with Crippen LogP contribution in [0.4, 0.5) is 0 Å². The highest BCUT2D eigenvalue weighted by Gasteiger charge is 2.32. The van der Waals surface area contributed by atoms with Crippen molar-refractivity contribution in [1.29, 1.82) is 0 Å². The number of ether oxygens (including phenoxy) is 1. The lowest BCUT2D eigenvalue weighted by Crippen LogP contribution is -2.28. The molecular formula is C13H19NO. The van der Waals surface area contributed by atoms with Crippen molar-refractivity contribution in [2.45, 2.75) is 39.8 Å². The molecule has 2 atom stereocenters. The van der Waals surface area contributed by atoms with Crippen molar-refractivity contribution in [3.8, 4) is 0 Å². The Morgan fingerprint density at radius 3 is 2.53 bits per heavy atom. The molecule has 0 bridgehead atoms. The molecule has 0 saturated heterocycles. The van der Waals surface area contributed by atoms with Crippen molar-refractivity contribution in [2.75, 3.05) is 0 Å².